The standard InChI is InChI=1S/C21H37NO18S/c1-3-7-11(26)13(28)14(29)20(36-7)38-16-9(5-24)35-19(31)10(22-6(2)25)17(16)39-21-15(30)18(40-41(32,33)34)12(27)8(4-23)37-21/h7-21,23-24,26-31H,3-5H2,1-2H3,(H,22,25)(H,32,33,34)/t7-,8+,9+,10+,11+,12-,13+,14-,15+,16+,17+,18-,19?,20-,21-/m0/s1. The molecule has 3 aliphatic rings. The van der Waals surface area contributed by atoms with Gasteiger partial charge in [0, 0.05) is 6.92 Å². The summed E-state index contributed by atoms with van der Waals surface area (Å²) in [6, 6.07) is -1.56. The summed E-state index contributed by atoms with van der Waals surface area (Å²) in [6.45, 7) is 0.865. The number of ether oxygens (including phenoxy) is 5. The van der Waals surface area contributed by atoms with Crippen molar-refractivity contribution in [3.63, 3.8) is 0 Å². The van der Waals surface area contributed by atoms with Crippen molar-refractivity contribution in [1.82, 2.24) is 5.32 Å². The molecule has 0 saturated carbocycles. The highest BCUT2D eigenvalue weighted by atomic mass is 32.3. The molecule has 0 aliphatic carbocycles. The highest BCUT2D eigenvalue weighted by Gasteiger charge is 2.55. The third-order valence-electron chi connectivity index (χ3n) is 6.92. The van der Waals surface area contributed by atoms with E-state index < -0.39 is 122 Å². The van der Waals surface area contributed by atoms with Crippen molar-refractivity contribution in [2.75, 3.05) is 13.2 Å². The molecule has 0 spiro atoms. The van der Waals surface area contributed by atoms with E-state index in [0.717, 1.165) is 6.92 Å². The minimum atomic E-state index is -5.26. The smallest absolute Gasteiger partial charge is 0.394 e. The van der Waals surface area contributed by atoms with Crippen molar-refractivity contribution in [2.45, 2.75) is 112 Å². The lowest BCUT2D eigenvalue weighted by molar-refractivity contribution is -0.370. The third kappa shape index (κ3) is 7.86. The number of carbonyl (C=O) groups excluding carboxylic acids is 1. The van der Waals surface area contributed by atoms with Gasteiger partial charge in [-0.15, -0.1) is 0 Å². The molecule has 1 unspecified atom stereocenters. The van der Waals surface area contributed by atoms with E-state index in [-0.39, 0.29) is 6.42 Å². The number of hydrogen-bond acceptors (Lipinski definition) is 17. The average molecular weight is 624 g/mol. The van der Waals surface area contributed by atoms with E-state index in [1.54, 1.807) is 6.92 Å². The first-order valence-corrected chi connectivity index (χ1v) is 14.0. The van der Waals surface area contributed by atoms with E-state index >= 15 is 0 Å². The highest BCUT2D eigenvalue weighted by molar-refractivity contribution is 7.80. The van der Waals surface area contributed by atoms with E-state index in [2.05, 4.69) is 9.50 Å². The van der Waals surface area contributed by atoms with Gasteiger partial charge >= 0.3 is 10.4 Å². The normalized spacial score (nSPS) is 45.8. The van der Waals surface area contributed by atoms with Crippen LogP contribution in [0.4, 0.5) is 0 Å². The molecular weight excluding hydrogens is 586 g/mol. The van der Waals surface area contributed by atoms with Crippen LogP contribution in [0.3, 0.4) is 0 Å². The van der Waals surface area contributed by atoms with Crippen LogP contribution in [0.15, 0.2) is 0 Å². The van der Waals surface area contributed by atoms with Gasteiger partial charge in [0.2, 0.25) is 5.91 Å². The molecule has 3 rings (SSSR count). The van der Waals surface area contributed by atoms with Gasteiger partial charge in [-0.1, -0.05) is 6.92 Å². The molecule has 41 heavy (non-hydrogen) atoms. The molecule has 10 N–H and O–H groups in total. The fourth-order valence-electron chi connectivity index (χ4n) is 4.88. The van der Waals surface area contributed by atoms with Crippen molar-refractivity contribution in [3.8, 4) is 0 Å². The Morgan fingerprint density at radius 3 is 1.85 bits per heavy atom. The molecule has 3 aliphatic heterocycles. The van der Waals surface area contributed by atoms with Crippen LogP contribution in [0.2, 0.25) is 0 Å². The second-order valence-corrected chi connectivity index (χ2v) is 10.8. The lowest BCUT2D eigenvalue weighted by Gasteiger charge is -2.49. The topological polar surface area (TPSA) is 301 Å². The van der Waals surface area contributed by atoms with Gasteiger partial charge in [0.25, 0.3) is 0 Å². The number of rotatable bonds is 10. The molecule has 0 bridgehead atoms. The second-order valence-electron chi connectivity index (χ2n) is 9.79. The van der Waals surface area contributed by atoms with Gasteiger partial charge < -0.3 is 69.9 Å². The zero-order chi connectivity index (χ0) is 30.8. The van der Waals surface area contributed by atoms with E-state index in [1.165, 1.54) is 0 Å². The predicted octanol–water partition coefficient (Wildman–Crippen LogP) is -6.18. The Kier molecular flexibility index (Phi) is 11.8. The maximum Gasteiger partial charge on any atom is 0.397 e. The van der Waals surface area contributed by atoms with Gasteiger partial charge in [-0.3, -0.25) is 9.35 Å². The Hall–Kier alpha value is -1.18. The van der Waals surface area contributed by atoms with Crippen molar-refractivity contribution in [2.24, 2.45) is 0 Å². The zero-order valence-electron chi connectivity index (χ0n) is 21.9. The van der Waals surface area contributed by atoms with Crippen LogP contribution in [-0.4, -0.2) is 165 Å². The number of hydrogen-bond donors (Lipinski definition) is 10. The molecule has 19 nitrogen and oxygen atoms in total. The van der Waals surface area contributed by atoms with Crippen LogP contribution >= 0.6 is 0 Å². The van der Waals surface area contributed by atoms with Gasteiger partial charge in [-0.05, 0) is 6.42 Å². The lowest BCUT2D eigenvalue weighted by atomic mass is 9.94. The molecule has 240 valence electrons. The lowest BCUT2D eigenvalue weighted by Crippen LogP contribution is -2.69. The summed E-state index contributed by atoms with van der Waals surface area (Å²) in [4.78, 5) is 12.0. The minimum absolute atomic E-state index is 0.171. The van der Waals surface area contributed by atoms with Crippen LogP contribution in [0.5, 0.6) is 0 Å². The molecule has 0 aromatic heterocycles. The molecule has 20 heteroatoms. The summed E-state index contributed by atoms with van der Waals surface area (Å²) < 4.78 is 64.0. The summed E-state index contributed by atoms with van der Waals surface area (Å²) in [5, 5.41) is 84.6. The number of amides is 1. The van der Waals surface area contributed by atoms with E-state index in [0.29, 0.717) is 0 Å². The minimum Gasteiger partial charge on any atom is -0.394 e. The Bertz CT molecular complexity index is 970. The molecule has 0 aromatic rings. The summed E-state index contributed by atoms with van der Waals surface area (Å²) in [5.41, 5.74) is 0. The Balaban J connectivity index is 1.98. The fraction of sp³-hybridized carbons (Fsp3) is 0.952. The monoisotopic (exact) mass is 623 g/mol. The summed E-state index contributed by atoms with van der Waals surface area (Å²) in [7, 11) is -5.26. The molecule has 3 heterocycles. The predicted molar refractivity (Wildman–Crippen MR) is 126 cm³/mol. The van der Waals surface area contributed by atoms with Gasteiger partial charge in [-0.25, -0.2) is 4.18 Å². The Labute approximate surface area is 234 Å². The highest BCUT2D eigenvalue weighted by Crippen LogP contribution is 2.34. The van der Waals surface area contributed by atoms with Crippen LogP contribution in [-0.2, 0) is 43.1 Å². The average Bonchev–Trinajstić information content (AvgIpc) is 2.90. The second kappa shape index (κ2) is 14.1. The first kappa shape index (κ1) is 34.3. The van der Waals surface area contributed by atoms with Crippen molar-refractivity contribution in [1.29, 1.82) is 0 Å². The van der Waals surface area contributed by atoms with Gasteiger partial charge in [0.15, 0.2) is 18.9 Å². The van der Waals surface area contributed by atoms with Crippen LogP contribution < -0.4 is 5.32 Å². The van der Waals surface area contributed by atoms with Crippen LogP contribution in [0.25, 0.3) is 0 Å². The SMILES string of the molecule is CC[C@@H]1O[C@@H](O[C@H]2[C@H](O[C@@H]3O[C@H](CO)[C@H](O)[C@H](OS(=O)(=O)O)[C@H]3O)[C@@H](NC(C)=O)C(O)O[C@@H]2CO)[C@@H](O)[C@H](O)[C@@H]1O. The Morgan fingerprint density at radius 1 is 0.756 bits per heavy atom. The summed E-state index contributed by atoms with van der Waals surface area (Å²) in [6.07, 6.45) is -24.3. The van der Waals surface area contributed by atoms with E-state index in [4.69, 9.17) is 28.2 Å². The number of aliphatic hydroxyl groups is 8. The molecule has 0 aromatic carbocycles. The van der Waals surface area contributed by atoms with Crippen molar-refractivity contribution in [3.05, 3.63) is 0 Å². The molecular formula is C21H37NO18S. The first-order valence-electron chi connectivity index (χ1n) is 12.6. The maximum atomic E-state index is 12.0. The zero-order valence-corrected chi connectivity index (χ0v) is 22.7. The van der Waals surface area contributed by atoms with Gasteiger partial charge in [-0.2, -0.15) is 8.42 Å². The number of nitrogens with one attached hydrogen (secondary N) is 1. The summed E-state index contributed by atoms with van der Waals surface area (Å²) >= 11 is 0. The Morgan fingerprint density at radius 2 is 1.32 bits per heavy atom. The van der Waals surface area contributed by atoms with E-state index in [1.807, 2.05) is 0 Å². The number of aliphatic hydroxyl groups excluding tert-OH is 8. The van der Waals surface area contributed by atoms with Crippen LogP contribution in [0, 0.1) is 0 Å². The van der Waals surface area contributed by atoms with Crippen molar-refractivity contribution < 1.29 is 86.5 Å². The molecule has 1 amide bonds. The van der Waals surface area contributed by atoms with Crippen LogP contribution in [0.1, 0.15) is 20.3 Å². The molecule has 3 fully saturated rings. The quantitative estimate of drug-likeness (QED) is 0.101. The van der Waals surface area contributed by atoms with E-state index in [9.17, 15) is 54.1 Å². The molecule has 3 saturated heterocycles. The fourth-order valence-corrected chi connectivity index (χ4v) is 5.39. The van der Waals surface area contributed by atoms with Crippen molar-refractivity contribution >= 4 is 16.3 Å². The molecule has 0 radical (unpaired) electrons. The number of carbonyl (C=O) groups is 1. The van der Waals surface area contributed by atoms with Gasteiger partial charge in [0.1, 0.15) is 67.1 Å². The molecule has 15 atom stereocenters. The van der Waals surface area contributed by atoms with Gasteiger partial charge in [0.05, 0.1) is 19.3 Å². The first-order chi connectivity index (χ1) is 19.1. The largest absolute Gasteiger partial charge is 0.397 e. The third-order valence-corrected chi connectivity index (χ3v) is 7.39. The summed E-state index contributed by atoms with van der Waals surface area (Å²) in [5.74, 6) is -0.729. The maximum absolute atomic E-state index is 12.0.